The number of hydrogen-bond acceptors (Lipinski definition) is 5. The van der Waals surface area contributed by atoms with Gasteiger partial charge in [-0.3, -0.25) is 4.90 Å². The lowest BCUT2D eigenvalue weighted by atomic mass is 10.1. The number of benzene rings is 1. The largest absolute Gasteiger partial charge is 0.490 e. The first-order chi connectivity index (χ1) is 9.22. The highest BCUT2D eigenvalue weighted by molar-refractivity contribution is 5.96. The van der Waals surface area contributed by atoms with Gasteiger partial charge in [0.1, 0.15) is 12.4 Å². The molecule has 2 rings (SSSR count). The molecule has 1 aliphatic rings. The number of nitrogens with zero attached hydrogens (tertiary/aromatic N) is 1. The second kappa shape index (κ2) is 6.43. The van der Waals surface area contributed by atoms with Gasteiger partial charge in [0.25, 0.3) is 0 Å². The Labute approximate surface area is 113 Å². The summed E-state index contributed by atoms with van der Waals surface area (Å²) in [5.74, 6) is 0.101. The van der Waals surface area contributed by atoms with Crippen molar-refractivity contribution in [2.45, 2.75) is 12.8 Å². The Kier molecular flexibility index (Phi) is 4.63. The molecule has 1 heterocycles. The van der Waals surface area contributed by atoms with E-state index in [2.05, 4.69) is 9.64 Å². The minimum atomic E-state index is -0.442. The van der Waals surface area contributed by atoms with E-state index >= 15 is 0 Å². The Morgan fingerprint density at radius 1 is 1.37 bits per heavy atom. The highest BCUT2D eigenvalue weighted by Gasteiger charge is 2.14. The monoisotopic (exact) mass is 264 g/mol. The van der Waals surface area contributed by atoms with Crippen LogP contribution in [-0.4, -0.2) is 44.2 Å². The predicted octanol–water partition coefficient (Wildman–Crippen LogP) is 1.53. The summed E-state index contributed by atoms with van der Waals surface area (Å²) in [6.07, 6.45) is 2.53. The fourth-order valence-electron chi connectivity index (χ4n) is 2.25. The zero-order valence-electron chi connectivity index (χ0n) is 11.2. The van der Waals surface area contributed by atoms with Gasteiger partial charge in [0.2, 0.25) is 0 Å². The molecule has 5 nitrogen and oxygen atoms in total. The molecule has 0 amide bonds. The highest BCUT2D eigenvalue weighted by Crippen LogP contribution is 2.25. The van der Waals surface area contributed by atoms with Crippen molar-refractivity contribution in [3.05, 3.63) is 23.8 Å². The third-order valence-corrected chi connectivity index (χ3v) is 3.34. The predicted molar refractivity (Wildman–Crippen MR) is 73.4 cm³/mol. The lowest BCUT2D eigenvalue weighted by molar-refractivity contribution is 0.0601. The Balaban J connectivity index is 1.94. The summed E-state index contributed by atoms with van der Waals surface area (Å²) in [5, 5.41) is 0. The zero-order valence-corrected chi connectivity index (χ0v) is 11.2. The summed E-state index contributed by atoms with van der Waals surface area (Å²) in [7, 11) is 1.34. The maximum absolute atomic E-state index is 11.5. The van der Waals surface area contributed by atoms with E-state index in [-0.39, 0.29) is 0 Å². The van der Waals surface area contributed by atoms with E-state index in [0.717, 1.165) is 19.6 Å². The van der Waals surface area contributed by atoms with Crippen LogP contribution in [0.1, 0.15) is 23.2 Å². The lowest BCUT2D eigenvalue weighted by Gasteiger charge is -2.16. The molecule has 1 aromatic carbocycles. The summed E-state index contributed by atoms with van der Waals surface area (Å²) in [6, 6.07) is 5.15. The fraction of sp³-hybridized carbons (Fsp3) is 0.500. The molecule has 0 unspecified atom stereocenters. The topological polar surface area (TPSA) is 64.8 Å². The molecule has 1 aliphatic heterocycles. The van der Waals surface area contributed by atoms with Gasteiger partial charge in [-0.1, -0.05) is 6.07 Å². The van der Waals surface area contributed by atoms with E-state index in [9.17, 15) is 4.79 Å². The van der Waals surface area contributed by atoms with Crippen LogP contribution in [0.3, 0.4) is 0 Å². The SMILES string of the molecule is COC(=O)c1cccc(OCCN2CCCC2)c1N. The first kappa shape index (κ1) is 13.7. The first-order valence-corrected chi connectivity index (χ1v) is 6.54. The van der Waals surface area contributed by atoms with E-state index in [1.54, 1.807) is 18.2 Å². The number of hydrogen-bond donors (Lipinski definition) is 1. The first-order valence-electron chi connectivity index (χ1n) is 6.54. The number of rotatable bonds is 5. The molecule has 0 atom stereocenters. The third-order valence-electron chi connectivity index (χ3n) is 3.34. The van der Waals surface area contributed by atoms with Gasteiger partial charge in [0.05, 0.1) is 18.4 Å². The summed E-state index contributed by atoms with van der Waals surface area (Å²) < 4.78 is 10.3. The lowest BCUT2D eigenvalue weighted by Crippen LogP contribution is -2.25. The van der Waals surface area contributed by atoms with E-state index < -0.39 is 5.97 Å². The van der Waals surface area contributed by atoms with Gasteiger partial charge in [-0.05, 0) is 38.1 Å². The standard InChI is InChI=1S/C14H20N2O3/c1-18-14(17)11-5-4-6-12(13(11)15)19-10-9-16-7-2-3-8-16/h4-6H,2-3,7-10,15H2,1H3. The van der Waals surface area contributed by atoms with E-state index in [1.165, 1.54) is 20.0 Å². The van der Waals surface area contributed by atoms with Gasteiger partial charge in [-0.25, -0.2) is 4.79 Å². The van der Waals surface area contributed by atoms with Crippen LogP contribution in [0, 0.1) is 0 Å². The molecule has 19 heavy (non-hydrogen) atoms. The number of nitrogens with two attached hydrogens (primary N) is 1. The van der Waals surface area contributed by atoms with E-state index in [4.69, 9.17) is 10.5 Å². The number of carbonyl (C=O) groups is 1. The smallest absolute Gasteiger partial charge is 0.340 e. The zero-order chi connectivity index (χ0) is 13.7. The number of anilines is 1. The van der Waals surface area contributed by atoms with Gasteiger partial charge in [0.15, 0.2) is 0 Å². The maximum Gasteiger partial charge on any atom is 0.340 e. The maximum atomic E-state index is 11.5. The van der Waals surface area contributed by atoms with E-state index in [0.29, 0.717) is 23.6 Å². The molecule has 0 radical (unpaired) electrons. The van der Waals surface area contributed by atoms with Crippen LogP contribution in [0.5, 0.6) is 5.75 Å². The van der Waals surface area contributed by atoms with Crippen LogP contribution in [0.2, 0.25) is 0 Å². The molecule has 1 aromatic rings. The highest BCUT2D eigenvalue weighted by atomic mass is 16.5. The van der Waals surface area contributed by atoms with Gasteiger partial charge in [-0.2, -0.15) is 0 Å². The average molecular weight is 264 g/mol. The summed E-state index contributed by atoms with van der Waals surface area (Å²) in [5.41, 5.74) is 6.61. The Morgan fingerprint density at radius 3 is 2.79 bits per heavy atom. The summed E-state index contributed by atoms with van der Waals surface area (Å²) >= 11 is 0. The van der Waals surface area contributed by atoms with Crippen LogP contribution >= 0.6 is 0 Å². The van der Waals surface area contributed by atoms with Crippen LogP contribution in [0.4, 0.5) is 5.69 Å². The number of methoxy groups -OCH3 is 1. The molecular weight excluding hydrogens is 244 g/mol. The van der Waals surface area contributed by atoms with Crippen molar-refractivity contribution >= 4 is 11.7 Å². The molecule has 104 valence electrons. The fourth-order valence-corrected chi connectivity index (χ4v) is 2.25. The molecule has 0 aromatic heterocycles. The van der Waals surface area contributed by atoms with Gasteiger partial charge < -0.3 is 15.2 Å². The molecule has 1 saturated heterocycles. The molecule has 5 heteroatoms. The Hall–Kier alpha value is -1.75. The second-order valence-electron chi connectivity index (χ2n) is 4.61. The van der Waals surface area contributed by atoms with Crippen molar-refractivity contribution in [2.75, 3.05) is 39.1 Å². The summed E-state index contributed by atoms with van der Waals surface area (Å²) in [4.78, 5) is 13.9. The quantitative estimate of drug-likeness (QED) is 0.645. The average Bonchev–Trinajstić information content (AvgIpc) is 2.93. The molecule has 1 fully saturated rings. The van der Waals surface area contributed by atoms with Gasteiger partial charge >= 0.3 is 5.97 Å². The molecular formula is C14H20N2O3. The van der Waals surface area contributed by atoms with Crippen molar-refractivity contribution < 1.29 is 14.3 Å². The molecule has 2 N–H and O–H groups in total. The van der Waals surface area contributed by atoms with Crippen LogP contribution in [-0.2, 0) is 4.74 Å². The van der Waals surface area contributed by atoms with Gasteiger partial charge in [0, 0.05) is 6.54 Å². The number of nitrogen functional groups attached to an aromatic ring is 1. The van der Waals surface area contributed by atoms with Crippen molar-refractivity contribution in [3.8, 4) is 5.75 Å². The Bertz CT molecular complexity index is 442. The molecule has 0 bridgehead atoms. The van der Waals surface area contributed by atoms with Crippen LogP contribution < -0.4 is 10.5 Å². The molecule has 0 spiro atoms. The normalized spacial score (nSPS) is 15.4. The molecule has 0 saturated carbocycles. The number of carbonyl (C=O) groups excluding carboxylic acids is 1. The minimum absolute atomic E-state index is 0.343. The van der Waals surface area contributed by atoms with Crippen molar-refractivity contribution in [1.82, 2.24) is 4.90 Å². The van der Waals surface area contributed by atoms with Crippen molar-refractivity contribution in [2.24, 2.45) is 0 Å². The number of para-hydroxylation sites is 1. The second-order valence-corrected chi connectivity index (χ2v) is 4.61. The van der Waals surface area contributed by atoms with E-state index in [1.807, 2.05) is 0 Å². The number of ether oxygens (including phenoxy) is 2. The van der Waals surface area contributed by atoms with Crippen LogP contribution in [0.25, 0.3) is 0 Å². The Morgan fingerprint density at radius 2 is 2.11 bits per heavy atom. The summed E-state index contributed by atoms with van der Waals surface area (Å²) in [6.45, 7) is 3.75. The third kappa shape index (κ3) is 3.38. The van der Waals surface area contributed by atoms with Gasteiger partial charge in [-0.15, -0.1) is 0 Å². The van der Waals surface area contributed by atoms with Crippen LogP contribution in [0.15, 0.2) is 18.2 Å². The minimum Gasteiger partial charge on any atom is -0.490 e. The number of esters is 1. The van der Waals surface area contributed by atoms with Crippen molar-refractivity contribution in [1.29, 1.82) is 0 Å². The molecule has 0 aliphatic carbocycles. The number of likely N-dealkylation sites (tertiary alicyclic amines) is 1. The van der Waals surface area contributed by atoms with Crippen molar-refractivity contribution in [3.63, 3.8) is 0 Å².